The fraction of sp³-hybridized carbons (Fsp3) is 0.375. The molecule has 0 aliphatic carbocycles. The molecule has 1 N–H and O–H groups in total. The van der Waals surface area contributed by atoms with Crippen LogP contribution in [0.2, 0.25) is 5.02 Å². The third-order valence-corrected chi connectivity index (χ3v) is 6.10. The van der Waals surface area contributed by atoms with E-state index < -0.39 is 0 Å². The van der Waals surface area contributed by atoms with Crippen LogP contribution in [0, 0.1) is 13.8 Å². The first-order valence-corrected chi connectivity index (χ1v) is 11.2. The molecular weight excluding hydrogens is 410 g/mol. The predicted molar refractivity (Wildman–Crippen MR) is 124 cm³/mol. The molecule has 6 nitrogen and oxygen atoms in total. The van der Waals surface area contributed by atoms with Crippen molar-refractivity contribution in [1.82, 2.24) is 20.1 Å². The Morgan fingerprint density at radius 3 is 2.58 bits per heavy atom. The van der Waals surface area contributed by atoms with Crippen LogP contribution in [-0.2, 0) is 17.8 Å². The number of nitrogens with zero attached hydrogens (tertiary/aromatic N) is 4. The summed E-state index contributed by atoms with van der Waals surface area (Å²) in [4.78, 5) is 19.7. The second-order valence-electron chi connectivity index (χ2n) is 8.02. The molecule has 0 spiro atoms. The maximum Gasteiger partial charge on any atom is 0.224 e. The zero-order chi connectivity index (χ0) is 21.8. The molecule has 2 aromatic heterocycles. The molecule has 1 aromatic carbocycles. The van der Waals surface area contributed by atoms with Gasteiger partial charge in [-0.05, 0) is 63.4 Å². The van der Waals surface area contributed by atoms with Gasteiger partial charge >= 0.3 is 0 Å². The van der Waals surface area contributed by atoms with Crippen molar-refractivity contribution < 1.29 is 4.79 Å². The summed E-state index contributed by atoms with van der Waals surface area (Å²) in [6, 6.07) is 11.5. The number of aromatic nitrogens is 3. The van der Waals surface area contributed by atoms with Gasteiger partial charge in [0.15, 0.2) is 0 Å². The monoisotopic (exact) mass is 437 g/mol. The Balaban J connectivity index is 1.44. The molecule has 0 unspecified atom stereocenters. The smallest absolute Gasteiger partial charge is 0.224 e. The van der Waals surface area contributed by atoms with Crippen LogP contribution in [-0.4, -0.2) is 33.8 Å². The first-order valence-electron chi connectivity index (χ1n) is 10.8. The summed E-state index contributed by atoms with van der Waals surface area (Å²) in [5.74, 6) is 0.973. The van der Waals surface area contributed by atoms with Gasteiger partial charge in [0.05, 0.1) is 17.8 Å². The van der Waals surface area contributed by atoms with Gasteiger partial charge in [-0.25, -0.2) is 9.67 Å². The van der Waals surface area contributed by atoms with Crippen LogP contribution < -0.4 is 10.2 Å². The molecular formula is C24H28ClN5O. The van der Waals surface area contributed by atoms with Crippen molar-refractivity contribution in [2.24, 2.45) is 0 Å². The first kappa shape index (κ1) is 21.4. The number of benzene rings is 1. The van der Waals surface area contributed by atoms with Gasteiger partial charge in [0, 0.05) is 47.7 Å². The van der Waals surface area contributed by atoms with Crippen LogP contribution in [0.15, 0.2) is 42.6 Å². The minimum atomic E-state index is -0.0182. The number of halogens is 1. The summed E-state index contributed by atoms with van der Waals surface area (Å²) in [5.41, 5.74) is 4.76. The molecule has 7 heteroatoms. The highest BCUT2D eigenvalue weighted by atomic mass is 35.5. The standard InChI is InChI=1S/C24H28ClN5O/c1-17-22(18(2)30(28-17)21-10-8-20(25)9-11-21)15-23(31)27-16-19-7-6-12-26-24(19)29-13-4-3-5-14-29/h6-12H,3-5,13-16H2,1-2H3,(H,27,31). The van der Waals surface area contributed by atoms with E-state index in [4.69, 9.17) is 11.6 Å². The predicted octanol–water partition coefficient (Wildman–Crippen LogP) is 4.39. The van der Waals surface area contributed by atoms with E-state index in [2.05, 4.69) is 20.3 Å². The van der Waals surface area contributed by atoms with Crippen molar-refractivity contribution in [3.05, 3.63) is 70.1 Å². The van der Waals surface area contributed by atoms with Crippen LogP contribution in [0.5, 0.6) is 0 Å². The lowest BCUT2D eigenvalue weighted by atomic mass is 10.1. The molecule has 3 heterocycles. The number of rotatable bonds is 6. The topological polar surface area (TPSA) is 63.1 Å². The van der Waals surface area contributed by atoms with Crippen LogP contribution in [0.4, 0.5) is 5.82 Å². The maximum absolute atomic E-state index is 12.8. The normalized spacial score (nSPS) is 14.0. The molecule has 1 amide bonds. The Bertz CT molecular complexity index is 1050. The Labute approximate surface area is 188 Å². The van der Waals surface area contributed by atoms with Crippen molar-refractivity contribution in [1.29, 1.82) is 0 Å². The number of amides is 1. The lowest BCUT2D eigenvalue weighted by molar-refractivity contribution is -0.120. The molecule has 1 aliphatic heterocycles. The molecule has 0 bridgehead atoms. The van der Waals surface area contributed by atoms with Gasteiger partial charge in [-0.15, -0.1) is 0 Å². The molecule has 1 saturated heterocycles. The van der Waals surface area contributed by atoms with E-state index in [0.29, 0.717) is 18.0 Å². The minimum Gasteiger partial charge on any atom is -0.356 e. The molecule has 1 fully saturated rings. The van der Waals surface area contributed by atoms with Crippen LogP contribution in [0.25, 0.3) is 5.69 Å². The minimum absolute atomic E-state index is 0.0182. The average Bonchev–Trinajstić information content (AvgIpc) is 3.07. The van der Waals surface area contributed by atoms with Crippen LogP contribution in [0.1, 0.15) is 41.8 Å². The quantitative estimate of drug-likeness (QED) is 0.621. The Morgan fingerprint density at radius 1 is 1.10 bits per heavy atom. The maximum atomic E-state index is 12.8. The van der Waals surface area contributed by atoms with Crippen molar-refractivity contribution in [2.75, 3.05) is 18.0 Å². The van der Waals surface area contributed by atoms with Crippen molar-refractivity contribution >= 4 is 23.3 Å². The Kier molecular flexibility index (Phi) is 6.56. The highest BCUT2D eigenvalue weighted by molar-refractivity contribution is 6.30. The van der Waals surface area contributed by atoms with E-state index in [9.17, 15) is 4.79 Å². The highest BCUT2D eigenvalue weighted by Gasteiger charge is 2.18. The summed E-state index contributed by atoms with van der Waals surface area (Å²) in [6.45, 7) is 6.47. The Morgan fingerprint density at radius 2 is 1.84 bits per heavy atom. The third-order valence-electron chi connectivity index (χ3n) is 5.85. The summed E-state index contributed by atoms with van der Waals surface area (Å²) in [6.07, 6.45) is 5.78. The van der Waals surface area contributed by atoms with Crippen LogP contribution >= 0.6 is 11.6 Å². The van der Waals surface area contributed by atoms with Crippen molar-refractivity contribution in [3.63, 3.8) is 0 Å². The Hall–Kier alpha value is -2.86. The van der Waals surface area contributed by atoms with Gasteiger partial charge in [0.25, 0.3) is 0 Å². The first-order chi connectivity index (χ1) is 15.0. The number of anilines is 1. The second kappa shape index (κ2) is 9.52. The lowest BCUT2D eigenvalue weighted by Gasteiger charge is -2.29. The highest BCUT2D eigenvalue weighted by Crippen LogP contribution is 2.22. The van der Waals surface area contributed by atoms with E-state index >= 15 is 0 Å². The number of nitrogens with one attached hydrogen (secondary N) is 1. The molecule has 1 aliphatic rings. The zero-order valence-corrected chi connectivity index (χ0v) is 18.8. The second-order valence-corrected chi connectivity index (χ2v) is 8.46. The number of hydrogen-bond acceptors (Lipinski definition) is 4. The summed E-state index contributed by atoms with van der Waals surface area (Å²) in [5, 5.41) is 8.40. The van der Waals surface area contributed by atoms with Gasteiger partial charge in [-0.3, -0.25) is 4.79 Å². The molecule has 162 valence electrons. The SMILES string of the molecule is Cc1nn(-c2ccc(Cl)cc2)c(C)c1CC(=O)NCc1cccnc1N1CCCCC1. The van der Waals surface area contributed by atoms with E-state index in [1.807, 2.05) is 61.1 Å². The number of aryl methyl sites for hydroxylation is 1. The number of piperidine rings is 1. The lowest BCUT2D eigenvalue weighted by Crippen LogP contribution is -2.32. The zero-order valence-electron chi connectivity index (χ0n) is 18.1. The third kappa shape index (κ3) is 4.90. The van der Waals surface area contributed by atoms with Gasteiger partial charge in [-0.1, -0.05) is 17.7 Å². The average molecular weight is 438 g/mol. The summed E-state index contributed by atoms with van der Waals surface area (Å²) < 4.78 is 1.86. The van der Waals surface area contributed by atoms with E-state index in [-0.39, 0.29) is 5.91 Å². The van der Waals surface area contributed by atoms with Gasteiger partial charge < -0.3 is 10.2 Å². The van der Waals surface area contributed by atoms with Gasteiger partial charge in [0.2, 0.25) is 5.91 Å². The number of pyridine rings is 1. The molecule has 31 heavy (non-hydrogen) atoms. The van der Waals surface area contributed by atoms with Gasteiger partial charge in [0.1, 0.15) is 5.82 Å². The van der Waals surface area contributed by atoms with E-state index in [0.717, 1.165) is 47.1 Å². The largest absolute Gasteiger partial charge is 0.356 e. The number of carbonyl (C=O) groups excluding carboxylic acids is 1. The molecule has 3 aromatic rings. The fourth-order valence-corrected chi connectivity index (χ4v) is 4.27. The van der Waals surface area contributed by atoms with Gasteiger partial charge in [-0.2, -0.15) is 5.10 Å². The molecule has 0 saturated carbocycles. The van der Waals surface area contributed by atoms with E-state index in [1.165, 1.54) is 19.3 Å². The van der Waals surface area contributed by atoms with Crippen molar-refractivity contribution in [3.8, 4) is 5.69 Å². The molecule has 4 rings (SSSR count). The number of carbonyl (C=O) groups is 1. The summed E-state index contributed by atoms with van der Waals surface area (Å²) >= 11 is 6.00. The van der Waals surface area contributed by atoms with E-state index in [1.54, 1.807) is 0 Å². The number of hydrogen-bond donors (Lipinski definition) is 1. The molecule has 0 atom stereocenters. The van der Waals surface area contributed by atoms with Crippen LogP contribution in [0.3, 0.4) is 0 Å². The fourth-order valence-electron chi connectivity index (χ4n) is 4.14. The summed E-state index contributed by atoms with van der Waals surface area (Å²) in [7, 11) is 0. The molecule has 0 radical (unpaired) electrons. The van der Waals surface area contributed by atoms with Crippen molar-refractivity contribution in [2.45, 2.75) is 46.1 Å².